The second-order valence-corrected chi connectivity index (χ2v) is 8.09. The summed E-state index contributed by atoms with van der Waals surface area (Å²) in [6.07, 6.45) is 4.17. The third-order valence-electron chi connectivity index (χ3n) is 6.19. The van der Waals surface area contributed by atoms with E-state index in [-0.39, 0.29) is 29.4 Å². The molecule has 1 aliphatic rings. The first-order chi connectivity index (χ1) is 15.4. The quantitative estimate of drug-likeness (QED) is 0.648. The fourth-order valence-electron chi connectivity index (χ4n) is 4.25. The van der Waals surface area contributed by atoms with Crippen molar-refractivity contribution in [1.29, 1.82) is 5.26 Å². The molecule has 0 unspecified atom stereocenters. The summed E-state index contributed by atoms with van der Waals surface area (Å²) in [5.74, 6) is 1.28. The first-order valence-corrected chi connectivity index (χ1v) is 10.6. The van der Waals surface area contributed by atoms with E-state index in [2.05, 4.69) is 25.3 Å². The Morgan fingerprint density at radius 1 is 1.28 bits per heavy atom. The minimum absolute atomic E-state index is 0.0572. The van der Waals surface area contributed by atoms with Crippen LogP contribution in [0.1, 0.15) is 38.4 Å². The molecule has 2 aromatic heterocycles. The van der Waals surface area contributed by atoms with Gasteiger partial charge in [0, 0.05) is 19.7 Å². The number of halogens is 1. The van der Waals surface area contributed by atoms with Crippen molar-refractivity contribution in [3.05, 3.63) is 30.2 Å². The Kier molecular flexibility index (Phi) is 5.99. The second-order valence-electron chi connectivity index (χ2n) is 8.09. The summed E-state index contributed by atoms with van der Waals surface area (Å²) in [5.41, 5.74) is 0.961. The Labute approximate surface area is 185 Å². The number of hydrogen-bond acceptors (Lipinski definition) is 8. The summed E-state index contributed by atoms with van der Waals surface area (Å²) >= 11 is 0. The van der Waals surface area contributed by atoms with E-state index in [1.807, 2.05) is 24.9 Å². The first-order valence-electron chi connectivity index (χ1n) is 10.6. The van der Waals surface area contributed by atoms with Gasteiger partial charge in [0.1, 0.15) is 18.0 Å². The van der Waals surface area contributed by atoms with Crippen molar-refractivity contribution >= 4 is 5.82 Å². The van der Waals surface area contributed by atoms with E-state index in [0.29, 0.717) is 22.8 Å². The van der Waals surface area contributed by atoms with E-state index in [4.69, 9.17) is 5.26 Å². The normalized spacial score (nSPS) is 20.7. The molecule has 10 heteroatoms. The number of rotatable bonds is 5. The van der Waals surface area contributed by atoms with Gasteiger partial charge in [0.15, 0.2) is 17.5 Å². The van der Waals surface area contributed by atoms with Gasteiger partial charge in [0.25, 0.3) is 0 Å². The number of benzene rings is 1. The molecule has 0 spiro atoms. The zero-order chi connectivity index (χ0) is 22.8. The Bertz CT molecular complexity index is 1140. The molecular formula is C22H25FN8O. The average Bonchev–Trinajstić information content (AvgIpc) is 3.19. The van der Waals surface area contributed by atoms with Gasteiger partial charge < -0.3 is 10.0 Å². The second kappa shape index (κ2) is 8.86. The van der Waals surface area contributed by atoms with E-state index >= 15 is 0 Å². The lowest BCUT2D eigenvalue weighted by Crippen LogP contribution is -2.45. The van der Waals surface area contributed by atoms with E-state index in [1.54, 1.807) is 25.4 Å². The maximum atomic E-state index is 14.9. The van der Waals surface area contributed by atoms with Crippen LogP contribution in [0, 0.1) is 17.2 Å². The highest BCUT2D eigenvalue weighted by molar-refractivity contribution is 5.70. The smallest absolute Gasteiger partial charge is 0.231 e. The van der Waals surface area contributed by atoms with Crippen molar-refractivity contribution in [3.63, 3.8) is 0 Å². The molecule has 0 aliphatic heterocycles. The first kappa shape index (κ1) is 21.6. The highest BCUT2D eigenvalue weighted by Crippen LogP contribution is 2.34. The van der Waals surface area contributed by atoms with Crippen LogP contribution in [0.15, 0.2) is 24.4 Å². The topological polar surface area (TPSA) is 117 Å². The molecule has 1 N–H and O–H groups in total. The van der Waals surface area contributed by atoms with Gasteiger partial charge in [-0.25, -0.2) is 14.1 Å². The van der Waals surface area contributed by atoms with Crippen molar-refractivity contribution in [2.75, 3.05) is 11.9 Å². The lowest BCUT2D eigenvalue weighted by molar-refractivity contribution is 0.134. The van der Waals surface area contributed by atoms with Gasteiger partial charge in [-0.2, -0.15) is 15.3 Å². The fourth-order valence-corrected chi connectivity index (χ4v) is 4.25. The highest BCUT2D eigenvalue weighted by atomic mass is 19.1. The van der Waals surface area contributed by atoms with Crippen LogP contribution in [0.2, 0.25) is 0 Å². The van der Waals surface area contributed by atoms with Crippen molar-refractivity contribution in [3.8, 4) is 34.6 Å². The minimum atomic E-state index is -0.904. The van der Waals surface area contributed by atoms with Crippen molar-refractivity contribution < 1.29 is 9.50 Å². The van der Waals surface area contributed by atoms with Gasteiger partial charge in [0.2, 0.25) is 5.82 Å². The molecule has 1 aromatic carbocycles. The van der Waals surface area contributed by atoms with E-state index in [9.17, 15) is 9.50 Å². The lowest BCUT2D eigenvalue weighted by Gasteiger charge is -2.38. The van der Waals surface area contributed by atoms with Gasteiger partial charge in [-0.05, 0) is 30.9 Å². The highest BCUT2D eigenvalue weighted by Gasteiger charge is 2.35. The summed E-state index contributed by atoms with van der Waals surface area (Å²) in [5, 5.41) is 32.1. The number of aryl methyl sites for hydroxylation is 1. The number of nitrogens with zero attached hydrogens (tertiary/aromatic N) is 8. The van der Waals surface area contributed by atoms with Gasteiger partial charge in [-0.3, -0.25) is 0 Å². The molecule has 9 nitrogen and oxygen atoms in total. The number of nitriles is 1. The maximum Gasteiger partial charge on any atom is 0.231 e. The summed E-state index contributed by atoms with van der Waals surface area (Å²) in [7, 11) is 3.45. The zero-order valence-electron chi connectivity index (χ0n) is 18.3. The van der Waals surface area contributed by atoms with Crippen LogP contribution in [0.4, 0.5) is 10.2 Å². The molecule has 1 fully saturated rings. The van der Waals surface area contributed by atoms with Gasteiger partial charge in [-0.15, -0.1) is 10.2 Å². The molecule has 32 heavy (non-hydrogen) atoms. The molecule has 0 saturated heterocycles. The summed E-state index contributed by atoms with van der Waals surface area (Å²) in [6, 6.07) is 6.58. The third-order valence-corrected chi connectivity index (χ3v) is 6.19. The van der Waals surface area contributed by atoms with Crippen LogP contribution in [-0.2, 0) is 7.05 Å². The summed E-state index contributed by atoms with van der Waals surface area (Å²) in [4.78, 5) is 10.3. The molecule has 3 aromatic rings. The van der Waals surface area contributed by atoms with Gasteiger partial charge in [-0.1, -0.05) is 25.8 Å². The average molecular weight is 436 g/mol. The van der Waals surface area contributed by atoms with Crippen molar-refractivity contribution in [1.82, 2.24) is 29.9 Å². The van der Waals surface area contributed by atoms with Crippen LogP contribution < -0.4 is 4.90 Å². The Morgan fingerprint density at radius 2 is 2.09 bits per heavy atom. The molecule has 3 atom stereocenters. The molecule has 166 valence electrons. The molecule has 4 rings (SSSR count). The number of aromatic hydroxyl groups is 1. The predicted octanol–water partition coefficient (Wildman–Crippen LogP) is 3.26. The van der Waals surface area contributed by atoms with E-state index in [1.165, 1.54) is 10.7 Å². The van der Waals surface area contributed by atoms with Crippen LogP contribution >= 0.6 is 0 Å². The summed E-state index contributed by atoms with van der Waals surface area (Å²) in [6.45, 7) is 2.03. The fraction of sp³-hybridized carbons (Fsp3) is 0.455. The number of phenols is 1. The molecule has 0 bridgehead atoms. The van der Waals surface area contributed by atoms with Crippen molar-refractivity contribution in [2.24, 2.45) is 13.0 Å². The Morgan fingerprint density at radius 3 is 2.72 bits per heavy atom. The molecular weight excluding hydrogens is 411 g/mol. The van der Waals surface area contributed by atoms with E-state index < -0.39 is 6.17 Å². The predicted molar refractivity (Wildman–Crippen MR) is 116 cm³/mol. The largest absolute Gasteiger partial charge is 0.507 e. The zero-order valence-corrected chi connectivity index (χ0v) is 18.3. The van der Waals surface area contributed by atoms with Crippen molar-refractivity contribution in [2.45, 2.75) is 44.8 Å². The van der Waals surface area contributed by atoms with Gasteiger partial charge >= 0.3 is 0 Å². The van der Waals surface area contributed by atoms with Gasteiger partial charge in [0.05, 0.1) is 17.8 Å². The monoisotopic (exact) mass is 436 g/mol. The standard InChI is InChI=1S/C22H25FN8O/c1-4-13-6-5-7-16(20(13)23)30(2)19-12-25-22(28-27-19)15-9-8-14(10-17(15)32)21-26-18(11-24)31(3)29-21/h8-10,12-13,16,20,32H,4-7H2,1-3H3/t13-,16+,20-/m1/s1. The van der Waals surface area contributed by atoms with Crippen LogP contribution in [0.5, 0.6) is 5.75 Å². The third kappa shape index (κ3) is 3.98. The number of alkyl halides is 1. The van der Waals surface area contributed by atoms with Crippen LogP contribution in [0.25, 0.3) is 22.8 Å². The number of aromatic nitrogens is 6. The Hall–Kier alpha value is -3.61. The number of phenolic OH excluding ortho intramolecular Hbond substituents is 1. The number of hydrogen-bond donors (Lipinski definition) is 1. The molecule has 2 heterocycles. The minimum Gasteiger partial charge on any atom is -0.507 e. The summed E-state index contributed by atoms with van der Waals surface area (Å²) < 4.78 is 16.3. The van der Waals surface area contributed by atoms with Crippen LogP contribution in [0.3, 0.4) is 0 Å². The number of anilines is 1. The molecule has 1 saturated carbocycles. The molecule has 1 aliphatic carbocycles. The molecule has 0 amide bonds. The molecule has 0 radical (unpaired) electrons. The SMILES string of the molecule is CC[C@@H]1CCC[C@H](N(C)c2cnc(-c3ccc(-c4nc(C#N)n(C)n4)cc3O)nn2)[C@@H]1F. The van der Waals surface area contributed by atoms with Crippen LogP contribution in [-0.4, -0.2) is 54.3 Å². The Balaban J connectivity index is 1.54. The van der Waals surface area contributed by atoms with E-state index in [0.717, 1.165) is 25.7 Å². The maximum absolute atomic E-state index is 14.9. The lowest BCUT2D eigenvalue weighted by atomic mass is 9.82.